The third-order valence-corrected chi connectivity index (χ3v) is 5.88. The molecule has 4 heteroatoms. The van der Waals surface area contributed by atoms with Gasteiger partial charge in [0.05, 0.1) is 5.69 Å². The number of aryl methyl sites for hydroxylation is 3. The fraction of sp³-hybridized carbons (Fsp3) is 0.238. The number of pyridine rings is 1. The first kappa shape index (κ1) is 18.0. The number of allylic oxidation sites excluding steroid dienone is 1. The van der Waals surface area contributed by atoms with Gasteiger partial charge in [0.2, 0.25) is 0 Å². The van der Waals surface area contributed by atoms with Crippen molar-refractivity contribution >= 4 is 34.3 Å². The van der Waals surface area contributed by atoms with E-state index in [9.17, 15) is 0 Å². The number of hydrogen-bond donors (Lipinski definition) is 0. The Labute approximate surface area is 158 Å². The number of benzene rings is 1. The smallest absolute Gasteiger partial charge is 0.105 e. The van der Waals surface area contributed by atoms with E-state index in [0.29, 0.717) is 0 Å². The van der Waals surface area contributed by atoms with Crippen molar-refractivity contribution in [3.63, 3.8) is 0 Å². The zero-order valence-corrected chi connectivity index (χ0v) is 16.5. The molecule has 1 aromatic carbocycles. The Kier molecular flexibility index (Phi) is 5.82. The third kappa shape index (κ3) is 4.86. The highest BCUT2D eigenvalue weighted by Crippen LogP contribution is 2.37. The zero-order chi connectivity index (χ0) is 17.8. The molecule has 1 aromatic heterocycles. The lowest BCUT2D eigenvalue weighted by atomic mass is 10.1. The molecule has 128 valence electrons. The van der Waals surface area contributed by atoms with Crippen molar-refractivity contribution in [1.29, 1.82) is 0 Å². The first-order valence-corrected chi connectivity index (χ1v) is 10.0. The summed E-state index contributed by atoms with van der Waals surface area (Å²) in [5.41, 5.74) is 6.00. The van der Waals surface area contributed by atoms with Gasteiger partial charge in [0.15, 0.2) is 0 Å². The van der Waals surface area contributed by atoms with E-state index in [-0.39, 0.29) is 0 Å². The molecule has 0 saturated carbocycles. The minimum atomic E-state index is 0.981. The van der Waals surface area contributed by atoms with Crippen LogP contribution in [0.2, 0.25) is 0 Å². The molecule has 1 fully saturated rings. The van der Waals surface area contributed by atoms with Gasteiger partial charge in [-0.2, -0.15) is 0 Å². The second-order valence-electron chi connectivity index (χ2n) is 6.28. The Bertz CT molecular complexity index is 866. The molecule has 0 amide bonds. The van der Waals surface area contributed by atoms with Crippen LogP contribution >= 0.6 is 23.5 Å². The van der Waals surface area contributed by atoms with Gasteiger partial charge in [-0.3, -0.25) is 0 Å². The van der Waals surface area contributed by atoms with Gasteiger partial charge in [-0.25, -0.2) is 9.98 Å². The number of nitrogens with zero attached hydrogens (tertiary/aromatic N) is 2. The Hall–Kier alpha value is -1.78. The number of rotatable bonds is 3. The second kappa shape index (κ2) is 8.07. The van der Waals surface area contributed by atoms with E-state index < -0.39 is 0 Å². The Balaban J connectivity index is 1.89. The predicted molar refractivity (Wildman–Crippen MR) is 112 cm³/mol. The topological polar surface area (TPSA) is 25.2 Å². The summed E-state index contributed by atoms with van der Waals surface area (Å²) in [5.74, 6) is 0. The molecule has 2 nitrogen and oxygen atoms in total. The minimum absolute atomic E-state index is 0.981. The lowest BCUT2D eigenvalue weighted by Gasteiger charge is -2.18. The molecule has 3 rings (SSSR count). The van der Waals surface area contributed by atoms with Gasteiger partial charge >= 0.3 is 0 Å². The summed E-state index contributed by atoms with van der Waals surface area (Å²) in [6.45, 7) is 10.5. The zero-order valence-electron chi connectivity index (χ0n) is 14.9. The van der Waals surface area contributed by atoms with E-state index in [4.69, 9.17) is 4.99 Å². The van der Waals surface area contributed by atoms with Crippen LogP contribution in [0.1, 0.15) is 29.5 Å². The van der Waals surface area contributed by atoms with Crippen LogP contribution in [0.25, 0.3) is 0 Å². The van der Waals surface area contributed by atoms with Crippen molar-refractivity contribution < 1.29 is 0 Å². The largest absolute Gasteiger partial charge is 0.250 e. The standard InChI is InChI=1S/C21H22N2S2/c1-14-5-8-19(16(3)11-14)23-21-18(7-6-17(4)25-21)13-24-20-12-15(2)9-10-22-20/h5,8-13H,4,6-7H2,1-3H3/b18-13+,23-21?. The van der Waals surface area contributed by atoms with Gasteiger partial charge in [0.1, 0.15) is 10.1 Å². The maximum atomic E-state index is 4.94. The molecule has 0 N–H and O–H groups in total. The molecule has 2 heterocycles. The van der Waals surface area contributed by atoms with Crippen LogP contribution < -0.4 is 0 Å². The predicted octanol–water partition coefficient (Wildman–Crippen LogP) is 6.75. The summed E-state index contributed by atoms with van der Waals surface area (Å²) in [5, 5.41) is 4.28. The molecule has 0 bridgehead atoms. The fourth-order valence-corrected chi connectivity index (χ4v) is 4.44. The molecule has 0 unspecified atom stereocenters. The van der Waals surface area contributed by atoms with Crippen LogP contribution in [0.3, 0.4) is 0 Å². The summed E-state index contributed by atoms with van der Waals surface area (Å²) in [6, 6.07) is 10.5. The Morgan fingerprint density at radius 3 is 2.68 bits per heavy atom. The van der Waals surface area contributed by atoms with Gasteiger partial charge in [0, 0.05) is 6.20 Å². The van der Waals surface area contributed by atoms with Crippen LogP contribution in [0.4, 0.5) is 5.69 Å². The highest BCUT2D eigenvalue weighted by molar-refractivity contribution is 8.17. The Morgan fingerprint density at radius 1 is 1.12 bits per heavy atom. The third-order valence-electron chi connectivity index (χ3n) is 3.98. The molecule has 1 saturated heterocycles. The minimum Gasteiger partial charge on any atom is -0.250 e. The maximum absolute atomic E-state index is 4.94. The highest BCUT2D eigenvalue weighted by Gasteiger charge is 2.17. The van der Waals surface area contributed by atoms with Gasteiger partial charge in [-0.1, -0.05) is 47.8 Å². The normalized spacial score (nSPS) is 18.1. The molecule has 0 spiro atoms. The molecular formula is C21H22N2S2. The van der Waals surface area contributed by atoms with Crippen molar-refractivity contribution in [3.05, 3.63) is 75.7 Å². The molecule has 1 aliphatic rings. The van der Waals surface area contributed by atoms with Crippen LogP contribution in [-0.4, -0.2) is 10.0 Å². The van der Waals surface area contributed by atoms with Gasteiger partial charge in [-0.05, 0) is 78.8 Å². The van der Waals surface area contributed by atoms with Crippen molar-refractivity contribution in [2.75, 3.05) is 0 Å². The molecule has 25 heavy (non-hydrogen) atoms. The lowest BCUT2D eigenvalue weighted by molar-refractivity contribution is 1.01. The SMILES string of the molecule is C=C1CC/C(=C\Sc2cc(C)ccn2)C(=Nc2ccc(C)cc2C)S1. The lowest BCUT2D eigenvalue weighted by Crippen LogP contribution is -2.05. The number of thioether (sulfide) groups is 2. The average molecular weight is 367 g/mol. The van der Waals surface area contributed by atoms with E-state index in [1.165, 1.54) is 27.2 Å². The first-order valence-electron chi connectivity index (χ1n) is 8.31. The summed E-state index contributed by atoms with van der Waals surface area (Å²) in [7, 11) is 0. The molecule has 0 radical (unpaired) electrons. The van der Waals surface area contributed by atoms with Crippen molar-refractivity contribution in [3.8, 4) is 0 Å². The highest BCUT2D eigenvalue weighted by atomic mass is 32.2. The van der Waals surface area contributed by atoms with E-state index in [0.717, 1.165) is 28.6 Å². The quantitative estimate of drug-likeness (QED) is 0.561. The molecule has 0 aliphatic carbocycles. The van der Waals surface area contributed by atoms with E-state index >= 15 is 0 Å². The monoisotopic (exact) mass is 366 g/mol. The van der Waals surface area contributed by atoms with Gasteiger partial charge in [0.25, 0.3) is 0 Å². The summed E-state index contributed by atoms with van der Waals surface area (Å²) in [4.78, 5) is 10.5. The molecule has 2 aromatic rings. The number of aliphatic imine (C=N–C) groups is 1. The number of hydrogen-bond acceptors (Lipinski definition) is 4. The first-order chi connectivity index (χ1) is 12.0. The van der Waals surface area contributed by atoms with Gasteiger partial charge in [-0.15, -0.1) is 0 Å². The summed E-state index contributed by atoms with van der Waals surface area (Å²) < 4.78 is 0. The second-order valence-corrected chi connectivity index (χ2v) is 8.34. The van der Waals surface area contributed by atoms with Crippen molar-refractivity contribution in [1.82, 2.24) is 4.98 Å². The molecule has 0 atom stereocenters. The Morgan fingerprint density at radius 2 is 1.92 bits per heavy atom. The summed E-state index contributed by atoms with van der Waals surface area (Å²) in [6.07, 6.45) is 3.84. The van der Waals surface area contributed by atoms with Crippen LogP contribution in [0.15, 0.2) is 69.0 Å². The summed E-state index contributed by atoms with van der Waals surface area (Å²) >= 11 is 3.36. The molecular weight excluding hydrogens is 344 g/mol. The van der Waals surface area contributed by atoms with Crippen LogP contribution in [0.5, 0.6) is 0 Å². The van der Waals surface area contributed by atoms with E-state index in [2.05, 4.69) is 62.0 Å². The van der Waals surface area contributed by atoms with Gasteiger partial charge < -0.3 is 0 Å². The average Bonchev–Trinajstić information content (AvgIpc) is 2.57. The van der Waals surface area contributed by atoms with Crippen molar-refractivity contribution in [2.24, 2.45) is 4.99 Å². The van der Waals surface area contributed by atoms with E-state index in [1.54, 1.807) is 23.5 Å². The maximum Gasteiger partial charge on any atom is 0.105 e. The molecule has 1 aliphatic heterocycles. The number of aromatic nitrogens is 1. The fourth-order valence-electron chi connectivity index (χ4n) is 2.58. The van der Waals surface area contributed by atoms with Crippen LogP contribution in [-0.2, 0) is 0 Å². The van der Waals surface area contributed by atoms with E-state index in [1.807, 2.05) is 12.3 Å². The van der Waals surface area contributed by atoms with Crippen LogP contribution in [0, 0.1) is 20.8 Å². The van der Waals surface area contributed by atoms with Crippen molar-refractivity contribution in [2.45, 2.75) is 38.6 Å².